The summed E-state index contributed by atoms with van der Waals surface area (Å²) in [6, 6.07) is 5.40. The van der Waals surface area contributed by atoms with Crippen LogP contribution in [0.1, 0.15) is 5.56 Å². The maximum absolute atomic E-state index is 12.0. The molecular formula is C14H10BrNO3S. The first-order valence-electron chi connectivity index (χ1n) is 5.59. The molecule has 1 aliphatic heterocycles. The number of halogens is 1. The molecule has 1 aromatic carbocycles. The van der Waals surface area contributed by atoms with Crippen molar-refractivity contribution in [2.75, 3.05) is 13.7 Å². The number of imide groups is 1. The maximum Gasteiger partial charge on any atom is 0.294 e. The molecule has 1 aromatic rings. The minimum Gasteiger partial charge on any atom is -0.496 e. The molecule has 1 fully saturated rings. The van der Waals surface area contributed by atoms with E-state index in [4.69, 9.17) is 11.2 Å². The SMILES string of the molecule is C#CCN1C(=O)S/C(=C/c2ccc(OC)c(Br)c2)C1=O. The van der Waals surface area contributed by atoms with Gasteiger partial charge in [0, 0.05) is 0 Å². The van der Waals surface area contributed by atoms with Crippen LogP contribution in [0.3, 0.4) is 0 Å². The molecule has 6 heteroatoms. The predicted molar refractivity (Wildman–Crippen MR) is 82.2 cm³/mol. The number of amides is 2. The molecule has 1 heterocycles. The Bertz CT molecular complexity index is 648. The first-order chi connectivity index (χ1) is 9.56. The van der Waals surface area contributed by atoms with E-state index in [1.807, 2.05) is 6.07 Å². The van der Waals surface area contributed by atoms with Crippen LogP contribution in [-0.2, 0) is 4.79 Å². The number of terminal acetylenes is 1. The van der Waals surface area contributed by atoms with Crippen LogP contribution in [0.15, 0.2) is 27.6 Å². The highest BCUT2D eigenvalue weighted by Crippen LogP contribution is 2.33. The number of benzene rings is 1. The van der Waals surface area contributed by atoms with Crippen molar-refractivity contribution in [1.29, 1.82) is 0 Å². The minimum atomic E-state index is -0.357. The second-order valence-electron chi connectivity index (χ2n) is 3.87. The summed E-state index contributed by atoms with van der Waals surface area (Å²) in [5.74, 6) is 2.64. The summed E-state index contributed by atoms with van der Waals surface area (Å²) < 4.78 is 5.91. The van der Waals surface area contributed by atoms with Crippen LogP contribution in [0.5, 0.6) is 5.75 Å². The number of methoxy groups -OCH3 is 1. The number of hydrogen-bond donors (Lipinski definition) is 0. The molecule has 0 spiro atoms. The van der Waals surface area contributed by atoms with E-state index in [1.54, 1.807) is 25.3 Å². The van der Waals surface area contributed by atoms with Gasteiger partial charge in [-0.3, -0.25) is 14.5 Å². The molecule has 0 N–H and O–H groups in total. The average Bonchev–Trinajstić information content (AvgIpc) is 2.67. The van der Waals surface area contributed by atoms with E-state index in [-0.39, 0.29) is 17.7 Å². The molecule has 0 atom stereocenters. The molecule has 102 valence electrons. The molecule has 0 saturated carbocycles. The molecule has 2 rings (SSSR count). The number of carbonyl (C=O) groups excluding carboxylic acids is 2. The molecule has 20 heavy (non-hydrogen) atoms. The van der Waals surface area contributed by atoms with Crippen molar-refractivity contribution >= 4 is 44.9 Å². The van der Waals surface area contributed by atoms with E-state index in [9.17, 15) is 9.59 Å². The van der Waals surface area contributed by atoms with Crippen LogP contribution in [0.2, 0.25) is 0 Å². The Labute approximate surface area is 129 Å². The van der Waals surface area contributed by atoms with Gasteiger partial charge in [-0.15, -0.1) is 6.42 Å². The van der Waals surface area contributed by atoms with Crippen LogP contribution in [0.4, 0.5) is 4.79 Å². The normalized spacial score (nSPS) is 16.6. The average molecular weight is 352 g/mol. The second-order valence-corrected chi connectivity index (χ2v) is 5.71. The summed E-state index contributed by atoms with van der Waals surface area (Å²) in [5.41, 5.74) is 0.795. The lowest BCUT2D eigenvalue weighted by atomic mass is 10.2. The van der Waals surface area contributed by atoms with Gasteiger partial charge in [0.2, 0.25) is 0 Å². The van der Waals surface area contributed by atoms with Crippen molar-refractivity contribution in [2.24, 2.45) is 0 Å². The van der Waals surface area contributed by atoms with Crippen LogP contribution < -0.4 is 4.74 Å². The highest BCUT2D eigenvalue weighted by Gasteiger charge is 2.34. The van der Waals surface area contributed by atoms with Gasteiger partial charge in [0.1, 0.15) is 5.75 Å². The number of thioether (sulfide) groups is 1. The highest BCUT2D eigenvalue weighted by atomic mass is 79.9. The van der Waals surface area contributed by atoms with Crippen LogP contribution >= 0.6 is 27.7 Å². The molecule has 2 amide bonds. The molecule has 4 nitrogen and oxygen atoms in total. The first-order valence-corrected chi connectivity index (χ1v) is 7.20. The van der Waals surface area contributed by atoms with E-state index < -0.39 is 0 Å². The Kier molecular flexibility index (Phi) is 4.53. The van der Waals surface area contributed by atoms with Crippen molar-refractivity contribution in [1.82, 2.24) is 4.90 Å². The quantitative estimate of drug-likeness (QED) is 0.620. The third-order valence-corrected chi connectivity index (χ3v) is 4.12. The molecular weight excluding hydrogens is 342 g/mol. The Morgan fingerprint density at radius 3 is 2.85 bits per heavy atom. The Balaban J connectivity index is 2.28. The van der Waals surface area contributed by atoms with Crippen LogP contribution in [-0.4, -0.2) is 29.7 Å². The molecule has 0 aromatic heterocycles. The molecule has 0 unspecified atom stereocenters. The fraction of sp³-hybridized carbons (Fsp3) is 0.143. The lowest BCUT2D eigenvalue weighted by molar-refractivity contribution is -0.122. The zero-order valence-corrected chi connectivity index (χ0v) is 13.0. The summed E-state index contributed by atoms with van der Waals surface area (Å²) in [6.45, 7) is -0.00564. The van der Waals surface area contributed by atoms with Gasteiger partial charge in [-0.25, -0.2) is 0 Å². The van der Waals surface area contributed by atoms with Crippen molar-refractivity contribution in [2.45, 2.75) is 0 Å². The van der Waals surface area contributed by atoms with Crippen molar-refractivity contribution in [3.63, 3.8) is 0 Å². The van der Waals surface area contributed by atoms with Gasteiger partial charge in [0.15, 0.2) is 0 Å². The summed E-state index contributed by atoms with van der Waals surface area (Å²) in [7, 11) is 1.57. The fourth-order valence-electron chi connectivity index (χ4n) is 1.65. The minimum absolute atomic E-state index is 0.00564. The van der Waals surface area contributed by atoms with Gasteiger partial charge < -0.3 is 4.74 Å². The van der Waals surface area contributed by atoms with Gasteiger partial charge in [-0.05, 0) is 51.5 Å². The lowest BCUT2D eigenvalue weighted by Gasteiger charge is -2.06. The lowest BCUT2D eigenvalue weighted by Crippen LogP contribution is -2.28. The Hall–Kier alpha value is -1.71. The predicted octanol–water partition coefficient (Wildman–Crippen LogP) is 3.13. The standard InChI is InChI=1S/C14H10BrNO3S/c1-3-6-16-13(17)12(20-14(16)18)8-9-4-5-11(19-2)10(15)7-9/h1,4-5,7-8H,6H2,2H3/b12-8+. The van der Waals surface area contributed by atoms with E-state index in [0.29, 0.717) is 10.7 Å². The number of carbonyl (C=O) groups is 2. The van der Waals surface area contributed by atoms with E-state index >= 15 is 0 Å². The largest absolute Gasteiger partial charge is 0.496 e. The van der Waals surface area contributed by atoms with Gasteiger partial charge in [0.25, 0.3) is 11.1 Å². The van der Waals surface area contributed by atoms with Crippen LogP contribution in [0, 0.1) is 12.3 Å². The second kappa shape index (κ2) is 6.16. The third-order valence-electron chi connectivity index (χ3n) is 2.60. The summed E-state index contributed by atoms with van der Waals surface area (Å²) >= 11 is 4.26. The number of ether oxygens (including phenoxy) is 1. The molecule has 1 aliphatic rings. The van der Waals surface area contributed by atoms with Gasteiger partial charge >= 0.3 is 0 Å². The third kappa shape index (κ3) is 2.89. The van der Waals surface area contributed by atoms with Gasteiger partial charge in [-0.1, -0.05) is 12.0 Å². The Morgan fingerprint density at radius 1 is 1.50 bits per heavy atom. The smallest absolute Gasteiger partial charge is 0.294 e. The topological polar surface area (TPSA) is 46.6 Å². The van der Waals surface area contributed by atoms with E-state index in [0.717, 1.165) is 26.7 Å². The summed E-state index contributed by atoms with van der Waals surface area (Å²) in [5, 5.41) is -0.341. The number of nitrogens with zero attached hydrogens (tertiary/aromatic N) is 1. The maximum atomic E-state index is 12.0. The van der Waals surface area contributed by atoms with Crippen LogP contribution in [0.25, 0.3) is 6.08 Å². The fourth-order valence-corrected chi connectivity index (χ4v) is 3.05. The number of hydrogen-bond acceptors (Lipinski definition) is 4. The van der Waals surface area contributed by atoms with Gasteiger partial charge in [0.05, 0.1) is 23.0 Å². The number of rotatable bonds is 3. The highest BCUT2D eigenvalue weighted by molar-refractivity contribution is 9.10. The molecule has 0 radical (unpaired) electrons. The van der Waals surface area contributed by atoms with E-state index in [1.165, 1.54) is 0 Å². The zero-order chi connectivity index (χ0) is 14.7. The molecule has 1 saturated heterocycles. The van der Waals surface area contributed by atoms with E-state index in [2.05, 4.69) is 21.9 Å². The van der Waals surface area contributed by atoms with Gasteiger partial charge in [-0.2, -0.15) is 0 Å². The monoisotopic (exact) mass is 351 g/mol. The van der Waals surface area contributed by atoms with Crippen molar-refractivity contribution in [3.05, 3.63) is 33.1 Å². The summed E-state index contributed by atoms with van der Waals surface area (Å²) in [4.78, 5) is 25.1. The first kappa shape index (κ1) is 14.7. The van der Waals surface area contributed by atoms with Crippen molar-refractivity contribution in [3.8, 4) is 18.1 Å². The molecule has 0 aliphatic carbocycles. The Morgan fingerprint density at radius 2 is 2.25 bits per heavy atom. The molecule has 0 bridgehead atoms. The zero-order valence-electron chi connectivity index (χ0n) is 10.6. The van der Waals surface area contributed by atoms with Crippen molar-refractivity contribution < 1.29 is 14.3 Å². The summed E-state index contributed by atoms with van der Waals surface area (Å²) in [6.07, 6.45) is 6.80.